The number of hydrogen-bond donors (Lipinski definition) is 1. The van der Waals surface area contributed by atoms with Gasteiger partial charge in [-0.1, -0.05) is 30.3 Å². The van der Waals surface area contributed by atoms with Crippen molar-refractivity contribution >= 4 is 11.7 Å². The Morgan fingerprint density at radius 3 is 2.47 bits per heavy atom. The molecule has 0 unspecified atom stereocenters. The number of rotatable bonds is 4. The maximum atomic E-state index is 13.9. The summed E-state index contributed by atoms with van der Waals surface area (Å²) in [5.41, 5.74) is 1.40. The zero-order valence-corrected chi connectivity index (χ0v) is 10.5. The van der Waals surface area contributed by atoms with Gasteiger partial charge >= 0.3 is 5.97 Å². The van der Waals surface area contributed by atoms with Gasteiger partial charge in [-0.05, 0) is 23.8 Å². The first-order chi connectivity index (χ1) is 9.08. The van der Waals surface area contributed by atoms with Crippen LogP contribution in [0.5, 0.6) is 0 Å². The number of halogens is 1. The van der Waals surface area contributed by atoms with Crippen LogP contribution in [0, 0.1) is 5.82 Å². The van der Waals surface area contributed by atoms with E-state index >= 15 is 0 Å². The molecule has 0 aliphatic carbocycles. The second kappa shape index (κ2) is 5.52. The van der Waals surface area contributed by atoms with Gasteiger partial charge in [0.25, 0.3) is 0 Å². The molecule has 0 aliphatic rings. The molecule has 2 aromatic carbocycles. The summed E-state index contributed by atoms with van der Waals surface area (Å²) < 4.78 is 13.9. The Bertz CT molecular complexity index is 584. The molecule has 0 radical (unpaired) electrons. The first kappa shape index (κ1) is 13.1. The van der Waals surface area contributed by atoms with Gasteiger partial charge in [-0.3, -0.25) is 0 Å². The third kappa shape index (κ3) is 3.10. The molecule has 0 heterocycles. The Balaban J connectivity index is 2.20. The van der Waals surface area contributed by atoms with Crippen LogP contribution in [-0.2, 0) is 6.54 Å². The summed E-state index contributed by atoms with van der Waals surface area (Å²) in [6, 6.07) is 13.6. The Morgan fingerprint density at radius 2 is 1.89 bits per heavy atom. The molecule has 0 atom stereocenters. The molecule has 2 rings (SSSR count). The van der Waals surface area contributed by atoms with Crippen molar-refractivity contribution in [3.63, 3.8) is 0 Å². The molecule has 0 aliphatic heterocycles. The fourth-order valence-corrected chi connectivity index (χ4v) is 1.89. The van der Waals surface area contributed by atoms with E-state index in [9.17, 15) is 9.18 Å². The van der Waals surface area contributed by atoms with Crippen molar-refractivity contribution < 1.29 is 14.3 Å². The second-order valence-electron chi connectivity index (χ2n) is 4.31. The fraction of sp³-hybridized carbons (Fsp3) is 0.133. The minimum atomic E-state index is -1.13. The lowest BCUT2D eigenvalue weighted by Crippen LogP contribution is -2.18. The van der Waals surface area contributed by atoms with E-state index in [4.69, 9.17) is 5.11 Å². The third-order valence-electron chi connectivity index (χ3n) is 2.87. The molecule has 4 heteroatoms. The largest absolute Gasteiger partial charge is 0.478 e. The van der Waals surface area contributed by atoms with Crippen LogP contribution >= 0.6 is 0 Å². The lowest BCUT2D eigenvalue weighted by molar-refractivity contribution is 0.0696. The van der Waals surface area contributed by atoms with E-state index < -0.39 is 11.8 Å². The molecule has 0 saturated heterocycles. The molecule has 3 nitrogen and oxygen atoms in total. The van der Waals surface area contributed by atoms with E-state index in [0.717, 1.165) is 11.6 Å². The second-order valence-corrected chi connectivity index (χ2v) is 4.31. The molecule has 2 aromatic rings. The van der Waals surface area contributed by atoms with E-state index in [0.29, 0.717) is 12.2 Å². The molecule has 0 fully saturated rings. The van der Waals surface area contributed by atoms with Crippen molar-refractivity contribution in [2.45, 2.75) is 6.54 Å². The summed E-state index contributed by atoms with van der Waals surface area (Å²) in [5.74, 6) is -1.66. The molecule has 0 saturated carbocycles. The normalized spacial score (nSPS) is 10.2. The summed E-state index contributed by atoms with van der Waals surface area (Å²) in [6.07, 6.45) is 0. The van der Waals surface area contributed by atoms with Crippen molar-refractivity contribution in [1.82, 2.24) is 0 Å². The van der Waals surface area contributed by atoms with E-state index in [1.807, 2.05) is 30.3 Å². The SMILES string of the molecule is CN(Cc1ccccc1)c1ccc(C(=O)O)cc1F. The average Bonchev–Trinajstić information content (AvgIpc) is 2.39. The monoisotopic (exact) mass is 259 g/mol. The van der Waals surface area contributed by atoms with Gasteiger partial charge in [0.2, 0.25) is 0 Å². The number of benzene rings is 2. The van der Waals surface area contributed by atoms with Crippen molar-refractivity contribution in [3.05, 3.63) is 65.5 Å². The first-order valence-electron chi connectivity index (χ1n) is 5.86. The highest BCUT2D eigenvalue weighted by Crippen LogP contribution is 2.21. The van der Waals surface area contributed by atoms with Crippen LogP contribution < -0.4 is 4.90 Å². The van der Waals surface area contributed by atoms with Crippen LogP contribution in [0.2, 0.25) is 0 Å². The Morgan fingerprint density at radius 1 is 1.21 bits per heavy atom. The number of carboxylic acids is 1. The van der Waals surface area contributed by atoms with E-state index in [2.05, 4.69) is 0 Å². The van der Waals surface area contributed by atoms with Crippen molar-refractivity contribution in [3.8, 4) is 0 Å². The zero-order valence-electron chi connectivity index (χ0n) is 10.5. The fourth-order valence-electron chi connectivity index (χ4n) is 1.89. The van der Waals surface area contributed by atoms with Crippen LogP contribution in [0.25, 0.3) is 0 Å². The summed E-state index contributed by atoms with van der Waals surface area (Å²) >= 11 is 0. The van der Waals surface area contributed by atoms with Crippen molar-refractivity contribution in [1.29, 1.82) is 0 Å². The predicted octanol–water partition coefficient (Wildman–Crippen LogP) is 3.16. The van der Waals surface area contributed by atoms with E-state index in [1.54, 1.807) is 11.9 Å². The van der Waals surface area contributed by atoms with E-state index in [-0.39, 0.29) is 5.56 Å². The van der Waals surface area contributed by atoms with Crippen LogP contribution in [-0.4, -0.2) is 18.1 Å². The van der Waals surface area contributed by atoms with Gasteiger partial charge in [0.15, 0.2) is 0 Å². The van der Waals surface area contributed by atoms with E-state index in [1.165, 1.54) is 12.1 Å². The van der Waals surface area contributed by atoms with Gasteiger partial charge in [-0.15, -0.1) is 0 Å². The molecule has 1 N–H and O–H groups in total. The number of nitrogens with zero attached hydrogens (tertiary/aromatic N) is 1. The molecular weight excluding hydrogens is 245 g/mol. The highest BCUT2D eigenvalue weighted by Gasteiger charge is 2.11. The van der Waals surface area contributed by atoms with Crippen LogP contribution in [0.4, 0.5) is 10.1 Å². The number of anilines is 1. The molecule has 0 aromatic heterocycles. The summed E-state index contributed by atoms with van der Waals surface area (Å²) in [6.45, 7) is 0.560. The standard InChI is InChI=1S/C15H14FNO2/c1-17(10-11-5-3-2-4-6-11)14-8-7-12(15(18)19)9-13(14)16/h2-9H,10H2,1H3,(H,18,19). The molecule has 0 bridgehead atoms. The highest BCUT2D eigenvalue weighted by molar-refractivity contribution is 5.88. The number of aromatic carboxylic acids is 1. The Kier molecular flexibility index (Phi) is 3.80. The van der Waals surface area contributed by atoms with Crippen molar-refractivity contribution in [2.24, 2.45) is 0 Å². The number of carbonyl (C=O) groups is 1. The predicted molar refractivity (Wildman–Crippen MR) is 71.9 cm³/mol. The van der Waals surface area contributed by atoms with Gasteiger partial charge in [0, 0.05) is 13.6 Å². The number of carboxylic acid groups (broad SMARTS) is 1. The van der Waals surface area contributed by atoms with Gasteiger partial charge in [-0.25, -0.2) is 9.18 Å². The maximum absolute atomic E-state index is 13.9. The third-order valence-corrected chi connectivity index (χ3v) is 2.87. The molecule has 98 valence electrons. The zero-order chi connectivity index (χ0) is 13.8. The topological polar surface area (TPSA) is 40.5 Å². The Labute approximate surface area is 110 Å². The van der Waals surface area contributed by atoms with Gasteiger partial charge in [0.1, 0.15) is 5.82 Å². The van der Waals surface area contributed by atoms with Gasteiger partial charge in [-0.2, -0.15) is 0 Å². The number of hydrogen-bond acceptors (Lipinski definition) is 2. The molecule has 19 heavy (non-hydrogen) atoms. The lowest BCUT2D eigenvalue weighted by atomic mass is 10.1. The molecule has 0 amide bonds. The minimum Gasteiger partial charge on any atom is -0.478 e. The van der Waals surface area contributed by atoms with Gasteiger partial charge < -0.3 is 10.0 Å². The molecular formula is C15H14FNO2. The van der Waals surface area contributed by atoms with Crippen LogP contribution in [0.1, 0.15) is 15.9 Å². The van der Waals surface area contributed by atoms with Crippen molar-refractivity contribution in [2.75, 3.05) is 11.9 Å². The molecule has 0 spiro atoms. The first-order valence-corrected chi connectivity index (χ1v) is 5.86. The van der Waals surface area contributed by atoms with Crippen LogP contribution in [0.3, 0.4) is 0 Å². The Hall–Kier alpha value is -2.36. The smallest absolute Gasteiger partial charge is 0.335 e. The van der Waals surface area contributed by atoms with Gasteiger partial charge in [0.05, 0.1) is 11.3 Å². The highest BCUT2D eigenvalue weighted by atomic mass is 19.1. The summed E-state index contributed by atoms with van der Waals surface area (Å²) in [7, 11) is 1.77. The minimum absolute atomic E-state index is 0.0469. The quantitative estimate of drug-likeness (QED) is 0.916. The van der Waals surface area contributed by atoms with Crippen LogP contribution in [0.15, 0.2) is 48.5 Å². The average molecular weight is 259 g/mol. The summed E-state index contributed by atoms with van der Waals surface area (Å²) in [5, 5.41) is 8.79. The summed E-state index contributed by atoms with van der Waals surface area (Å²) in [4.78, 5) is 12.5. The lowest BCUT2D eigenvalue weighted by Gasteiger charge is -2.20. The maximum Gasteiger partial charge on any atom is 0.335 e.